The molecule has 2 saturated heterocycles. The van der Waals surface area contributed by atoms with Crippen LogP contribution >= 0.6 is 22.9 Å². The topological polar surface area (TPSA) is 202 Å². The minimum atomic E-state index is -1.32. The maximum atomic E-state index is 15.0. The van der Waals surface area contributed by atoms with Crippen LogP contribution in [0.1, 0.15) is 105 Å². The molecule has 18 nitrogen and oxygen atoms in total. The van der Waals surface area contributed by atoms with Crippen LogP contribution in [0.2, 0.25) is 5.02 Å². The van der Waals surface area contributed by atoms with Gasteiger partial charge in [0.05, 0.1) is 31.1 Å². The SMILES string of the molecule is C=C[C@@H]1CC1(NC(=O)[C@@H]1C[C@@H](OC2=CC(c3csc(NC(C)C)n3)Nc3c2ccc(OCCN2CCN(C(=O)OC(C)(C)C)CC2)c3Cl)CN1C(=O)[C@@H](NC(=O)OC1C[C@@H]2C[C@@H]2C1)C(C)(C)C)C(=O)OC. The summed E-state index contributed by atoms with van der Waals surface area (Å²) in [7, 11) is 1.27. The van der Waals surface area contributed by atoms with Crippen LogP contribution in [0.3, 0.4) is 0 Å². The van der Waals surface area contributed by atoms with Gasteiger partial charge in [0, 0.05) is 62.0 Å². The molecule has 4 N–H and O–H groups in total. The number of carbonyl (C=O) groups is 5. The number of esters is 1. The molecule has 0 spiro atoms. The quantitative estimate of drug-likeness (QED) is 0.0746. The summed E-state index contributed by atoms with van der Waals surface area (Å²) in [6.45, 7) is 22.4. The highest BCUT2D eigenvalue weighted by Crippen LogP contribution is 2.53. The van der Waals surface area contributed by atoms with Crippen LogP contribution in [-0.4, -0.2) is 144 Å². The summed E-state index contributed by atoms with van der Waals surface area (Å²) in [6, 6.07) is 1.15. The van der Waals surface area contributed by atoms with Crippen LogP contribution in [0.25, 0.3) is 5.76 Å². The van der Waals surface area contributed by atoms with Gasteiger partial charge in [-0.2, -0.15) is 0 Å². The summed E-state index contributed by atoms with van der Waals surface area (Å²) in [6.07, 6.45) is 4.77. The summed E-state index contributed by atoms with van der Waals surface area (Å²) < 4.78 is 29.8. The lowest BCUT2D eigenvalue weighted by atomic mass is 9.85. The van der Waals surface area contributed by atoms with Gasteiger partial charge in [0.2, 0.25) is 11.8 Å². The number of piperazine rings is 1. The van der Waals surface area contributed by atoms with Crippen molar-refractivity contribution in [2.24, 2.45) is 23.2 Å². The Balaban J connectivity index is 1.03. The third-order valence-corrected chi connectivity index (χ3v) is 15.3. The van der Waals surface area contributed by atoms with E-state index in [0.29, 0.717) is 91.1 Å². The number of aromatic nitrogens is 1. The van der Waals surface area contributed by atoms with Crippen LogP contribution < -0.4 is 26.0 Å². The number of nitrogens with zero attached hydrogens (tertiary/aromatic N) is 4. The number of benzene rings is 1. The Hall–Kier alpha value is -5.27. The molecule has 4 heterocycles. The van der Waals surface area contributed by atoms with E-state index in [4.69, 9.17) is 40.3 Å². The van der Waals surface area contributed by atoms with Gasteiger partial charge >= 0.3 is 18.2 Å². The van der Waals surface area contributed by atoms with Crippen molar-refractivity contribution in [3.63, 3.8) is 0 Å². The fourth-order valence-corrected chi connectivity index (χ4v) is 11.3. The number of fused-ring (bicyclic) bond motifs is 2. The largest absolute Gasteiger partial charge is 0.491 e. The van der Waals surface area contributed by atoms with Crippen molar-refractivity contribution >= 4 is 69.5 Å². The normalized spacial score (nSPS) is 27.3. The molecule has 6 aliphatic rings. The van der Waals surface area contributed by atoms with Gasteiger partial charge in [-0.25, -0.2) is 19.4 Å². The van der Waals surface area contributed by atoms with Gasteiger partial charge in [-0.3, -0.25) is 14.5 Å². The summed E-state index contributed by atoms with van der Waals surface area (Å²) in [5.74, 6) is 0.100. The first-order chi connectivity index (χ1) is 33.5. The zero-order chi connectivity index (χ0) is 51.2. The van der Waals surface area contributed by atoms with Gasteiger partial charge in [-0.05, 0) is 95.8 Å². The first-order valence-corrected chi connectivity index (χ1v) is 26.1. The lowest BCUT2D eigenvalue weighted by Crippen LogP contribution is -2.59. The average Bonchev–Trinajstić information content (AvgIpc) is 3.97. The highest BCUT2D eigenvalue weighted by Gasteiger charge is 2.62. The van der Waals surface area contributed by atoms with E-state index in [-0.39, 0.29) is 37.1 Å². The summed E-state index contributed by atoms with van der Waals surface area (Å²) in [5, 5.41) is 15.8. The molecule has 0 radical (unpaired) electrons. The molecule has 388 valence electrons. The van der Waals surface area contributed by atoms with E-state index in [9.17, 15) is 24.0 Å². The first-order valence-electron chi connectivity index (χ1n) is 24.9. The van der Waals surface area contributed by atoms with Gasteiger partial charge in [-0.15, -0.1) is 17.9 Å². The number of alkyl carbamates (subject to hydrolysis) is 1. The lowest BCUT2D eigenvalue weighted by molar-refractivity contribution is -0.148. The van der Waals surface area contributed by atoms with Gasteiger partial charge in [-0.1, -0.05) is 38.4 Å². The summed E-state index contributed by atoms with van der Waals surface area (Å²) in [4.78, 5) is 79.0. The van der Waals surface area contributed by atoms with E-state index in [1.807, 2.05) is 72.9 Å². The molecule has 3 aliphatic carbocycles. The molecule has 4 amide bonds. The second-order valence-corrected chi connectivity index (χ2v) is 23.4. The summed E-state index contributed by atoms with van der Waals surface area (Å²) in [5.41, 5.74) is -0.762. The molecule has 1 aromatic carbocycles. The molecule has 3 unspecified atom stereocenters. The van der Waals surface area contributed by atoms with Gasteiger partial charge < -0.3 is 54.8 Å². The van der Waals surface area contributed by atoms with Crippen molar-refractivity contribution in [1.82, 2.24) is 30.3 Å². The van der Waals surface area contributed by atoms with Gasteiger partial charge in [0.25, 0.3) is 0 Å². The molecule has 8 rings (SSSR count). The molecule has 9 atom stereocenters. The number of carbonyl (C=O) groups excluding carboxylic acids is 5. The van der Waals surface area contributed by atoms with Crippen LogP contribution in [0.15, 0.2) is 36.2 Å². The average molecular weight is 1020 g/mol. The van der Waals surface area contributed by atoms with Crippen molar-refractivity contribution in [2.75, 3.05) is 63.6 Å². The Kier molecular flexibility index (Phi) is 15.2. The monoisotopic (exact) mass is 1020 g/mol. The number of rotatable bonds is 16. The van der Waals surface area contributed by atoms with Crippen molar-refractivity contribution < 1.29 is 47.7 Å². The third-order valence-electron chi connectivity index (χ3n) is 14.1. The first kappa shape index (κ1) is 52.1. The molecule has 5 fully saturated rings. The Labute approximate surface area is 425 Å². The van der Waals surface area contributed by atoms with E-state index in [2.05, 4.69) is 32.7 Å². The van der Waals surface area contributed by atoms with Crippen molar-refractivity contribution in [2.45, 2.75) is 135 Å². The minimum Gasteiger partial charge on any atom is -0.491 e. The smallest absolute Gasteiger partial charge is 0.410 e. The van der Waals surface area contributed by atoms with E-state index in [1.54, 1.807) is 17.0 Å². The number of hydrogen-bond donors (Lipinski definition) is 4. The predicted octanol–water partition coefficient (Wildman–Crippen LogP) is 7.22. The number of thiazole rings is 1. The number of nitrogens with one attached hydrogen (secondary N) is 4. The second-order valence-electron chi connectivity index (χ2n) is 22.2. The molecule has 0 bridgehead atoms. The number of methoxy groups -OCH3 is 1. The molecule has 20 heteroatoms. The zero-order valence-electron chi connectivity index (χ0n) is 42.4. The Morgan fingerprint density at radius 3 is 2.37 bits per heavy atom. The molecule has 1 aromatic heterocycles. The van der Waals surface area contributed by atoms with Crippen LogP contribution in [0.4, 0.5) is 20.4 Å². The highest BCUT2D eigenvalue weighted by atomic mass is 35.5. The summed E-state index contributed by atoms with van der Waals surface area (Å²) >= 11 is 8.71. The number of anilines is 2. The fourth-order valence-electron chi connectivity index (χ4n) is 10.1. The molecule has 71 heavy (non-hydrogen) atoms. The highest BCUT2D eigenvalue weighted by molar-refractivity contribution is 7.13. The maximum absolute atomic E-state index is 15.0. The Morgan fingerprint density at radius 2 is 1.73 bits per heavy atom. The Morgan fingerprint density at radius 1 is 1.01 bits per heavy atom. The van der Waals surface area contributed by atoms with Crippen LogP contribution in [-0.2, 0) is 33.3 Å². The number of hydrogen-bond acceptors (Lipinski definition) is 15. The number of likely N-dealkylation sites (tertiary alicyclic amines) is 1. The van der Waals surface area contributed by atoms with Crippen molar-refractivity contribution in [3.8, 4) is 5.75 Å². The van der Waals surface area contributed by atoms with Crippen molar-refractivity contribution in [1.29, 1.82) is 0 Å². The molecule has 3 saturated carbocycles. The van der Waals surface area contributed by atoms with E-state index >= 15 is 0 Å². The Bertz CT molecular complexity index is 2380. The number of amides is 4. The zero-order valence-corrected chi connectivity index (χ0v) is 44.0. The van der Waals surface area contributed by atoms with Gasteiger partial charge in [0.15, 0.2) is 5.13 Å². The predicted molar refractivity (Wildman–Crippen MR) is 270 cm³/mol. The van der Waals surface area contributed by atoms with Crippen molar-refractivity contribution in [3.05, 3.63) is 52.5 Å². The number of ether oxygens (including phenoxy) is 5. The number of halogens is 1. The van der Waals surface area contributed by atoms with Crippen LogP contribution in [0, 0.1) is 23.2 Å². The van der Waals surface area contributed by atoms with Gasteiger partial charge in [0.1, 0.15) is 58.6 Å². The molecular formula is C51H71ClN8O10S. The molecule has 2 aromatic rings. The van der Waals surface area contributed by atoms with E-state index in [1.165, 1.54) is 29.8 Å². The minimum absolute atomic E-state index is 0.0206. The molecular weight excluding hydrogens is 952 g/mol. The van der Waals surface area contributed by atoms with Crippen LogP contribution in [0.5, 0.6) is 5.75 Å². The standard InChI is InChI=1S/C51H71ClN8O10S/c1-11-31-25-51(31,45(63)66-10)57-43(61)37-23-33(26-60(37)44(62)42(49(4,5)6)56-47(64)69-32-21-29-20-30(29)22-32)68-39-24-35(36-27-71-46(55-36)53-28(2)3)54-41-34(39)12-13-38(40(41)52)67-19-18-58-14-16-59(17-15-58)48(65)70-50(7,8)9/h11-13,24,27-33,35,37,42,54H,1,14-23,25-26H2,2-10H3,(H,53,55)(H,56,64)(H,57,61)/t29-,30+,31-,32?,33-,35?,37+,42-,51?/m1/s1. The third kappa shape index (κ3) is 12.0. The van der Waals surface area contributed by atoms with E-state index < -0.39 is 64.7 Å². The fraction of sp³-hybridized carbons (Fsp3) is 0.647. The lowest BCUT2D eigenvalue weighted by Gasteiger charge is -2.35. The maximum Gasteiger partial charge on any atom is 0.410 e. The van der Waals surface area contributed by atoms with E-state index in [0.717, 1.165) is 18.0 Å². The molecule has 3 aliphatic heterocycles. The second kappa shape index (κ2) is 20.7.